The van der Waals surface area contributed by atoms with Crippen LogP contribution in [-0.2, 0) is 11.2 Å². The van der Waals surface area contributed by atoms with E-state index in [2.05, 4.69) is 25.9 Å². The lowest BCUT2D eigenvalue weighted by Crippen LogP contribution is -2.24. The van der Waals surface area contributed by atoms with Gasteiger partial charge in [0.25, 0.3) is 0 Å². The smallest absolute Gasteiger partial charge is 0.235 e. The molecule has 128 valence electrons. The molecule has 6 nitrogen and oxygen atoms in total. The maximum absolute atomic E-state index is 13.1. The van der Waals surface area contributed by atoms with E-state index in [0.717, 1.165) is 22.4 Å². The number of nitrogens with one attached hydrogen (secondary N) is 2. The number of aromatic nitrogens is 4. The maximum atomic E-state index is 13.1. The first kappa shape index (κ1) is 16.8. The zero-order valence-corrected chi connectivity index (χ0v) is 14.0. The third kappa shape index (κ3) is 4.06. The Kier molecular flexibility index (Phi) is 4.83. The van der Waals surface area contributed by atoms with Gasteiger partial charge in [-0.05, 0) is 55.2 Å². The quantitative estimate of drug-likeness (QED) is 0.749. The summed E-state index contributed by atoms with van der Waals surface area (Å²) in [4.78, 5) is 12.8. The molecule has 0 bridgehead atoms. The van der Waals surface area contributed by atoms with E-state index in [4.69, 9.17) is 0 Å². The molecule has 0 unspecified atom stereocenters. The molecule has 0 fully saturated rings. The van der Waals surface area contributed by atoms with Gasteiger partial charge in [0.05, 0.1) is 0 Å². The van der Waals surface area contributed by atoms with Crippen molar-refractivity contribution in [1.82, 2.24) is 20.6 Å². The van der Waals surface area contributed by atoms with Crippen molar-refractivity contribution in [2.75, 3.05) is 5.32 Å². The highest BCUT2D eigenvalue weighted by Gasteiger charge is 2.25. The summed E-state index contributed by atoms with van der Waals surface area (Å²) in [6.07, 6.45) is 0.344. The van der Waals surface area contributed by atoms with Crippen LogP contribution in [0.25, 0.3) is 0 Å². The van der Waals surface area contributed by atoms with Crippen LogP contribution in [0.5, 0.6) is 0 Å². The van der Waals surface area contributed by atoms with E-state index < -0.39 is 5.92 Å². The fourth-order valence-electron chi connectivity index (χ4n) is 2.56. The van der Waals surface area contributed by atoms with Crippen molar-refractivity contribution in [3.63, 3.8) is 0 Å². The number of carbonyl (C=O) groups is 1. The van der Waals surface area contributed by atoms with E-state index >= 15 is 0 Å². The molecule has 0 spiro atoms. The molecule has 3 rings (SSSR count). The molecule has 0 radical (unpaired) electrons. The Morgan fingerprint density at radius 2 is 1.96 bits per heavy atom. The van der Waals surface area contributed by atoms with Gasteiger partial charge in [0.15, 0.2) is 5.82 Å². The predicted molar refractivity (Wildman–Crippen MR) is 91.6 cm³/mol. The largest absolute Gasteiger partial charge is 0.325 e. The zero-order chi connectivity index (χ0) is 17.8. The van der Waals surface area contributed by atoms with E-state index in [9.17, 15) is 9.18 Å². The SMILES string of the molecule is Cc1ccc(C)c(NC(=O)[C@H](Cc2ccc(F)cc2)c2nn[nH]n2)c1. The number of benzene rings is 2. The normalized spacial score (nSPS) is 12.0. The van der Waals surface area contributed by atoms with Gasteiger partial charge in [-0.25, -0.2) is 4.39 Å². The molecule has 1 heterocycles. The topological polar surface area (TPSA) is 83.6 Å². The number of aryl methyl sites for hydroxylation is 2. The minimum atomic E-state index is -0.635. The van der Waals surface area contributed by atoms with Crippen molar-refractivity contribution < 1.29 is 9.18 Å². The van der Waals surface area contributed by atoms with Crippen LogP contribution < -0.4 is 5.32 Å². The number of nitrogens with zero attached hydrogens (tertiary/aromatic N) is 3. The number of carbonyl (C=O) groups excluding carboxylic acids is 1. The third-order valence-electron chi connectivity index (χ3n) is 3.99. The average Bonchev–Trinajstić information content (AvgIpc) is 3.11. The molecular formula is C18H18FN5O. The average molecular weight is 339 g/mol. The van der Waals surface area contributed by atoms with Crippen LogP contribution in [0.1, 0.15) is 28.4 Å². The Labute approximate surface area is 144 Å². The van der Waals surface area contributed by atoms with Crippen molar-refractivity contribution in [1.29, 1.82) is 0 Å². The highest BCUT2D eigenvalue weighted by atomic mass is 19.1. The van der Waals surface area contributed by atoms with Gasteiger partial charge in [-0.1, -0.05) is 29.5 Å². The first-order chi connectivity index (χ1) is 12.0. The third-order valence-corrected chi connectivity index (χ3v) is 3.99. The molecule has 2 aromatic carbocycles. The van der Waals surface area contributed by atoms with Gasteiger partial charge in [-0.3, -0.25) is 4.79 Å². The number of hydrogen-bond donors (Lipinski definition) is 2. The summed E-state index contributed by atoms with van der Waals surface area (Å²) in [5, 5.41) is 16.8. The van der Waals surface area contributed by atoms with E-state index in [-0.39, 0.29) is 11.7 Å². The van der Waals surface area contributed by atoms with E-state index in [1.165, 1.54) is 12.1 Å². The summed E-state index contributed by atoms with van der Waals surface area (Å²) in [7, 11) is 0. The minimum Gasteiger partial charge on any atom is -0.325 e. The summed E-state index contributed by atoms with van der Waals surface area (Å²) >= 11 is 0. The standard InChI is InChI=1S/C18H18FN5O/c1-11-3-4-12(2)16(9-11)20-18(25)15(17-21-23-24-22-17)10-13-5-7-14(19)8-6-13/h3-9,15H,10H2,1-2H3,(H,20,25)(H,21,22,23,24)/t15-/m1/s1. The highest BCUT2D eigenvalue weighted by molar-refractivity contribution is 5.96. The second-order valence-corrected chi connectivity index (χ2v) is 5.96. The van der Waals surface area contributed by atoms with E-state index in [1.54, 1.807) is 12.1 Å². The van der Waals surface area contributed by atoms with Crippen LogP contribution in [0, 0.1) is 19.7 Å². The molecule has 1 aromatic heterocycles. The Bertz CT molecular complexity index is 862. The van der Waals surface area contributed by atoms with Crippen molar-refractivity contribution in [3.05, 3.63) is 70.8 Å². The van der Waals surface area contributed by atoms with Crippen LogP contribution in [0.4, 0.5) is 10.1 Å². The molecule has 3 aromatic rings. The molecule has 0 aliphatic heterocycles. The Balaban J connectivity index is 1.85. The molecule has 2 N–H and O–H groups in total. The Hall–Kier alpha value is -3.09. The van der Waals surface area contributed by atoms with Crippen LogP contribution in [0.15, 0.2) is 42.5 Å². The van der Waals surface area contributed by atoms with Crippen LogP contribution in [0.2, 0.25) is 0 Å². The molecule has 0 aliphatic rings. The molecule has 0 saturated carbocycles. The van der Waals surface area contributed by atoms with Crippen molar-refractivity contribution in [3.8, 4) is 0 Å². The van der Waals surface area contributed by atoms with Gasteiger partial charge in [0.1, 0.15) is 11.7 Å². The van der Waals surface area contributed by atoms with Gasteiger partial charge < -0.3 is 5.32 Å². The Morgan fingerprint density at radius 1 is 1.20 bits per heavy atom. The summed E-state index contributed by atoms with van der Waals surface area (Å²) in [5.74, 6) is -0.893. The lowest BCUT2D eigenvalue weighted by Gasteiger charge is -2.15. The summed E-state index contributed by atoms with van der Waals surface area (Å²) in [5.41, 5.74) is 3.58. The van der Waals surface area contributed by atoms with Gasteiger partial charge in [-0.2, -0.15) is 5.21 Å². The molecule has 7 heteroatoms. The lowest BCUT2D eigenvalue weighted by molar-refractivity contribution is -0.117. The molecular weight excluding hydrogens is 321 g/mol. The summed E-state index contributed by atoms with van der Waals surface area (Å²) in [6.45, 7) is 3.89. The number of amides is 1. The number of anilines is 1. The molecule has 1 atom stereocenters. The monoisotopic (exact) mass is 339 g/mol. The number of rotatable bonds is 5. The molecule has 25 heavy (non-hydrogen) atoms. The first-order valence-corrected chi connectivity index (χ1v) is 7.89. The van der Waals surface area contributed by atoms with Gasteiger partial charge in [0.2, 0.25) is 5.91 Å². The van der Waals surface area contributed by atoms with Gasteiger partial charge in [0, 0.05) is 5.69 Å². The van der Waals surface area contributed by atoms with Crippen LogP contribution >= 0.6 is 0 Å². The van der Waals surface area contributed by atoms with Gasteiger partial charge >= 0.3 is 0 Å². The number of aromatic amines is 1. The number of tetrazole rings is 1. The lowest BCUT2D eigenvalue weighted by atomic mass is 9.97. The van der Waals surface area contributed by atoms with Gasteiger partial charge in [-0.15, -0.1) is 10.2 Å². The zero-order valence-electron chi connectivity index (χ0n) is 14.0. The predicted octanol–water partition coefficient (Wildman–Crippen LogP) is 2.92. The summed E-state index contributed by atoms with van der Waals surface area (Å²) < 4.78 is 13.1. The number of H-pyrrole nitrogens is 1. The fourth-order valence-corrected chi connectivity index (χ4v) is 2.56. The van der Waals surface area contributed by atoms with E-state index in [1.807, 2.05) is 32.0 Å². The van der Waals surface area contributed by atoms with Crippen molar-refractivity contribution in [2.45, 2.75) is 26.2 Å². The fraction of sp³-hybridized carbons (Fsp3) is 0.222. The molecule has 1 amide bonds. The summed E-state index contributed by atoms with van der Waals surface area (Å²) in [6, 6.07) is 11.9. The molecule has 0 aliphatic carbocycles. The highest BCUT2D eigenvalue weighted by Crippen LogP contribution is 2.22. The number of hydrogen-bond acceptors (Lipinski definition) is 4. The molecule has 0 saturated heterocycles. The maximum Gasteiger partial charge on any atom is 0.235 e. The first-order valence-electron chi connectivity index (χ1n) is 7.89. The van der Waals surface area contributed by atoms with Crippen LogP contribution in [0.3, 0.4) is 0 Å². The van der Waals surface area contributed by atoms with E-state index in [0.29, 0.717) is 12.2 Å². The number of halogens is 1. The second kappa shape index (κ2) is 7.21. The Morgan fingerprint density at radius 3 is 2.64 bits per heavy atom. The van der Waals surface area contributed by atoms with Crippen molar-refractivity contribution in [2.24, 2.45) is 0 Å². The second-order valence-electron chi connectivity index (χ2n) is 5.96. The van der Waals surface area contributed by atoms with Crippen LogP contribution in [-0.4, -0.2) is 26.5 Å². The minimum absolute atomic E-state index is 0.237. The van der Waals surface area contributed by atoms with Crippen molar-refractivity contribution >= 4 is 11.6 Å².